The monoisotopic (exact) mass is 385 g/mol. The number of carbonyl (C=O) groups excluding carboxylic acids is 1. The number of para-hydroxylation sites is 1. The number of rotatable bonds is 2. The molecule has 3 N–H and O–H groups in total. The van der Waals surface area contributed by atoms with E-state index >= 15 is 0 Å². The van der Waals surface area contributed by atoms with Crippen LogP contribution in [0.3, 0.4) is 0 Å². The minimum atomic E-state index is -1.13. The van der Waals surface area contributed by atoms with Gasteiger partial charge in [0.1, 0.15) is 18.1 Å². The van der Waals surface area contributed by atoms with E-state index in [1.54, 1.807) is 0 Å². The zero-order chi connectivity index (χ0) is 19.9. The molecule has 4 heterocycles. The molecule has 4 aliphatic heterocycles. The molecule has 3 saturated heterocycles. The average Bonchev–Trinajstić information content (AvgIpc) is 3.12. The van der Waals surface area contributed by atoms with Crippen molar-refractivity contribution in [2.45, 2.75) is 36.9 Å². The van der Waals surface area contributed by atoms with Crippen molar-refractivity contribution >= 4 is 11.7 Å². The van der Waals surface area contributed by atoms with Crippen molar-refractivity contribution in [3.63, 3.8) is 0 Å². The molecule has 6 nitrogen and oxygen atoms in total. The number of anilines is 1. The van der Waals surface area contributed by atoms with E-state index in [1.165, 1.54) is 7.11 Å². The van der Waals surface area contributed by atoms with Gasteiger partial charge in [0, 0.05) is 18.0 Å². The Hall–Kier alpha value is -1.89. The SMILES string of the molecule is CC=C1C[N@+]2(C)CC[C@@]34c5ccccc5N[C@]32[C@@H](O)C[C@@H]1C4(CO)C(=O)OC. The van der Waals surface area contributed by atoms with Crippen LogP contribution in [0.1, 0.15) is 25.3 Å². The van der Waals surface area contributed by atoms with Gasteiger partial charge in [0.25, 0.3) is 0 Å². The lowest BCUT2D eigenvalue weighted by Crippen LogP contribution is -2.78. The maximum atomic E-state index is 13.5. The third-order valence-electron chi connectivity index (χ3n) is 8.64. The zero-order valence-electron chi connectivity index (χ0n) is 16.7. The fourth-order valence-electron chi connectivity index (χ4n) is 7.70. The van der Waals surface area contributed by atoms with Gasteiger partial charge in [-0.3, -0.25) is 9.28 Å². The van der Waals surface area contributed by atoms with Crippen molar-refractivity contribution in [2.24, 2.45) is 11.3 Å². The number of nitrogens with zero attached hydrogens (tertiary/aromatic N) is 1. The maximum Gasteiger partial charge on any atom is 0.316 e. The van der Waals surface area contributed by atoms with E-state index < -0.39 is 22.6 Å². The first-order valence-corrected chi connectivity index (χ1v) is 10.1. The number of esters is 1. The molecule has 0 radical (unpaired) electrons. The Labute approximate surface area is 165 Å². The number of aliphatic hydroxyl groups is 2. The number of fused-ring (bicyclic) bond motifs is 3. The Morgan fingerprint density at radius 3 is 2.86 bits per heavy atom. The summed E-state index contributed by atoms with van der Waals surface area (Å²) in [5.41, 5.74) is 0.476. The highest BCUT2D eigenvalue weighted by Gasteiger charge is 2.88. The van der Waals surface area contributed by atoms with Crippen molar-refractivity contribution < 1.29 is 24.2 Å². The lowest BCUT2D eigenvalue weighted by Gasteiger charge is -2.58. The minimum Gasteiger partial charge on any atom is -0.468 e. The Balaban J connectivity index is 1.96. The molecule has 4 bridgehead atoms. The number of nitrogens with one attached hydrogen (secondary N) is 1. The Morgan fingerprint density at radius 2 is 2.18 bits per heavy atom. The number of benzene rings is 1. The molecule has 1 aliphatic carbocycles. The standard InChI is InChI=1S/C22H29N2O4/c1-4-14-12-24(2)10-9-21-15-7-5-6-8-17(15)23-22(21,24)18(26)11-16(14)20(21,13-25)19(27)28-3/h4-8,16,18,23,25-26H,9-13H2,1-3H3/q+1/t16-,18-,20?,21-,22-,24-/m0/s1. The first-order valence-electron chi connectivity index (χ1n) is 10.1. The maximum absolute atomic E-state index is 13.5. The summed E-state index contributed by atoms with van der Waals surface area (Å²) >= 11 is 0. The van der Waals surface area contributed by atoms with E-state index in [2.05, 4.69) is 24.5 Å². The van der Waals surface area contributed by atoms with Crippen LogP contribution in [0.5, 0.6) is 0 Å². The molecule has 5 aliphatic rings. The normalized spacial score (nSPS) is 46.7. The second-order valence-electron chi connectivity index (χ2n) is 9.16. The van der Waals surface area contributed by atoms with E-state index in [4.69, 9.17) is 4.74 Å². The molecular formula is C22H29N2O4+. The number of ether oxygens (including phenoxy) is 1. The number of carbonyl (C=O) groups is 1. The van der Waals surface area contributed by atoms with Crippen LogP contribution in [0.15, 0.2) is 35.9 Å². The van der Waals surface area contributed by atoms with Crippen LogP contribution in [0.4, 0.5) is 5.69 Å². The van der Waals surface area contributed by atoms with Gasteiger partial charge in [-0.15, -0.1) is 0 Å². The van der Waals surface area contributed by atoms with Crippen LogP contribution in [-0.2, 0) is 14.9 Å². The number of hydrogen-bond acceptors (Lipinski definition) is 5. The summed E-state index contributed by atoms with van der Waals surface area (Å²) < 4.78 is 5.98. The quantitative estimate of drug-likeness (QED) is 0.407. The molecule has 4 fully saturated rings. The summed E-state index contributed by atoms with van der Waals surface area (Å²) in [4.78, 5) is 13.5. The summed E-state index contributed by atoms with van der Waals surface area (Å²) in [6, 6.07) is 8.04. The molecule has 0 amide bonds. The van der Waals surface area contributed by atoms with Gasteiger partial charge in [-0.1, -0.05) is 24.3 Å². The van der Waals surface area contributed by atoms with Gasteiger partial charge in [0.05, 0.1) is 32.7 Å². The van der Waals surface area contributed by atoms with Gasteiger partial charge in [-0.05, 0) is 30.5 Å². The van der Waals surface area contributed by atoms with Gasteiger partial charge in [0.15, 0.2) is 0 Å². The molecule has 0 aromatic heterocycles. The fourth-order valence-corrected chi connectivity index (χ4v) is 7.70. The zero-order valence-corrected chi connectivity index (χ0v) is 16.7. The van der Waals surface area contributed by atoms with Crippen LogP contribution in [0.2, 0.25) is 0 Å². The van der Waals surface area contributed by atoms with Gasteiger partial charge in [-0.25, -0.2) is 0 Å². The number of allylic oxidation sites excluding steroid dienone is 1. The van der Waals surface area contributed by atoms with Crippen molar-refractivity contribution in [1.82, 2.24) is 0 Å². The van der Waals surface area contributed by atoms with Crippen molar-refractivity contribution in [3.8, 4) is 0 Å². The molecule has 6 atom stereocenters. The average molecular weight is 385 g/mol. The fraction of sp³-hybridized carbons (Fsp3) is 0.591. The molecule has 1 spiro atoms. The lowest BCUT2D eigenvalue weighted by atomic mass is 9.45. The van der Waals surface area contributed by atoms with Gasteiger partial charge in [-0.2, -0.15) is 0 Å². The van der Waals surface area contributed by atoms with Crippen molar-refractivity contribution in [1.29, 1.82) is 0 Å². The highest BCUT2D eigenvalue weighted by Crippen LogP contribution is 2.74. The molecule has 1 aromatic carbocycles. The topological polar surface area (TPSA) is 78.8 Å². The predicted octanol–water partition coefficient (Wildman–Crippen LogP) is 1.39. The van der Waals surface area contributed by atoms with Crippen LogP contribution < -0.4 is 5.32 Å². The Bertz CT molecular complexity index is 900. The second-order valence-corrected chi connectivity index (χ2v) is 9.16. The van der Waals surface area contributed by atoms with Crippen LogP contribution in [0, 0.1) is 11.3 Å². The van der Waals surface area contributed by atoms with Crippen LogP contribution >= 0.6 is 0 Å². The molecule has 150 valence electrons. The number of methoxy groups -OCH3 is 1. The van der Waals surface area contributed by atoms with Crippen LogP contribution in [-0.4, -0.2) is 66.3 Å². The third-order valence-corrected chi connectivity index (χ3v) is 8.64. The van der Waals surface area contributed by atoms with E-state index in [-0.39, 0.29) is 18.5 Å². The summed E-state index contributed by atoms with van der Waals surface area (Å²) in [6.07, 6.45) is 2.59. The molecular weight excluding hydrogens is 356 g/mol. The first-order chi connectivity index (χ1) is 13.4. The van der Waals surface area contributed by atoms with Gasteiger partial charge >= 0.3 is 5.97 Å². The van der Waals surface area contributed by atoms with Crippen LogP contribution in [0.25, 0.3) is 0 Å². The number of aliphatic hydroxyl groups excluding tert-OH is 2. The number of hydrogen-bond donors (Lipinski definition) is 3. The smallest absolute Gasteiger partial charge is 0.316 e. The van der Waals surface area contributed by atoms with E-state index in [1.807, 2.05) is 25.1 Å². The third kappa shape index (κ3) is 1.52. The molecule has 6 rings (SSSR count). The molecule has 6 heteroatoms. The highest BCUT2D eigenvalue weighted by atomic mass is 16.5. The first kappa shape index (κ1) is 18.2. The Morgan fingerprint density at radius 1 is 1.43 bits per heavy atom. The summed E-state index contributed by atoms with van der Waals surface area (Å²) in [5.74, 6) is -0.629. The lowest BCUT2D eigenvalue weighted by molar-refractivity contribution is -0.944. The minimum absolute atomic E-state index is 0.258. The summed E-state index contributed by atoms with van der Waals surface area (Å²) in [6.45, 7) is 3.26. The largest absolute Gasteiger partial charge is 0.468 e. The predicted molar refractivity (Wildman–Crippen MR) is 104 cm³/mol. The van der Waals surface area contributed by atoms with Crippen molar-refractivity contribution in [2.75, 3.05) is 39.2 Å². The number of quaternary nitrogens is 1. The van der Waals surface area contributed by atoms with E-state index in [9.17, 15) is 15.0 Å². The van der Waals surface area contributed by atoms with Gasteiger partial charge in [0.2, 0.25) is 5.66 Å². The molecule has 1 saturated carbocycles. The molecule has 1 unspecified atom stereocenters. The summed E-state index contributed by atoms with van der Waals surface area (Å²) in [5, 5.41) is 26.2. The van der Waals surface area contributed by atoms with Crippen molar-refractivity contribution in [3.05, 3.63) is 41.5 Å². The molecule has 1 aromatic rings. The highest BCUT2D eigenvalue weighted by molar-refractivity contribution is 5.85. The molecule has 28 heavy (non-hydrogen) atoms. The second kappa shape index (κ2) is 5.38. The van der Waals surface area contributed by atoms with Gasteiger partial charge < -0.3 is 20.3 Å². The Kier molecular flexibility index (Phi) is 3.49. The van der Waals surface area contributed by atoms with E-state index in [0.717, 1.165) is 29.9 Å². The van der Waals surface area contributed by atoms with E-state index in [0.29, 0.717) is 17.3 Å². The summed E-state index contributed by atoms with van der Waals surface area (Å²) in [7, 11) is 3.59. The number of likely N-dealkylation sites (N-methyl/N-ethyl adjacent to an activating group) is 1.